The fraction of sp³-hybridized carbons (Fsp3) is 0.238. The van der Waals surface area contributed by atoms with Crippen molar-refractivity contribution in [1.29, 1.82) is 0 Å². The van der Waals surface area contributed by atoms with Crippen LogP contribution in [0.1, 0.15) is 30.1 Å². The third-order valence-corrected chi connectivity index (χ3v) is 5.08. The first kappa shape index (κ1) is 19.9. The SMILES string of the molecule is C=CCn1c(=NC(=O)c2cccc(OCCCC)c2)sc2cc(F)cc(F)c21. The number of halogens is 2. The Bertz CT molecular complexity index is 1090. The number of allylic oxidation sites excluding steroid dienone is 1. The number of fused-ring (bicyclic) bond motifs is 1. The average Bonchev–Trinajstić information content (AvgIpc) is 2.99. The van der Waals surface area contributed by atoms with E-state index in [1.54, 1.807) is 30.3 Å². The normalized spacial score (nSPS) is 11.8. The molecule has 0 atom stereocenters. The van der Waals surface area contributed by atoms with Gasteiger partial charge in [0.15, 0.2) is 10.6 Å². The van der Waals surface area contributed by atoms with E-state index >= 15 is 0 Å². The molecule has 7 heteroatoms. The van der Waals surface area contributed by atoms with Crippen LogP contribution in [0.4, 0.5) is 8.78 Å². The van der Waals surface area contributed by atoms with Crippen LogP contribution in [0, 0.1) is 11.6 Å². The van der Waals surface area contributed by atoms with Gasteiger partial charge in [0.25, 0.3) is 5.91 Å². The Morgan fingerprint density at radius 1 is 1.32 bits per heavy atom. The molecule has 0 N–H and O–H groups in total. The maximum absolute atomic E-state index is 14.3. The summed E-state index contributed by atoms with van der Waals surface area (Å²) in [5.41, 5.74) is 0.567. The van der Waals surface area contributed by atoms with Crippen molar-refractivity contribution >= 4 is 27.5 Å². The predicted molar refractivity (Wildman–Crippen MR) is 107 cm³/mol. The van der Waals surface area contributed by atoms with Crippen LogP contribution in [0.15, 0.2) is 54.0 Å². The van der Waals surface area contributed by atoms with Crippen molar-refractivity contribution in [2.45, 2.75) is 26.3 Å². The molecule has 0 saturated heterocycles. The maximum Gasteiger partial charge on any atom is 0.279 e. The third kappa shape index (κ3) is 4.36. The summed E-state index contributed by atoms with van der Waals surface area (Å²) >= 11 is 1.05. The molecule has 0 unspecified atom stereocenters. The number of amides is 1. The van der Waals surface area contributed by atoms with Gasteiger partial charge in [-0.3, -0.25) is 4.79 Å². The van der Waals surface area contributed by atoms with Crippen molar-refractivity contribution < 1.29 is 18.3 Å². The molecule has 28 heavy (non-hydrogen) atoms. The number of nitrogens with zero attached hydrogens (tertiary/aromatic N) is 2. The van der Waals surface area contributed by atoms with E-state index in [-0.39, 0.29) is 16.9 Å². The summed E-state index contributed by atoms with van der Waals surface area (Å²) in [6.07, 6.45) is 3.51. The summed E-state index contributed by atoms with van der Waals surface area (Å²) < 4.78 is 35.3. The van der Waals surface area contributed by atoms with Gasteiger partial charge in [0.05, 0.1) is 16.8 Å². The zero-order chi connectivity index (χ0) is 20.1. The number of carbonyl (C=O) groups excluding carboxylic acids is 1. The summed E-state index contributed by atoms with van der Waals surface area (Å²) in [6.45, 7) is 6.55. The van der Waals surface area contributed by atoms with E-state index in [1.807, 2.05) is 0 Å². The standard InChI is InChI=1S/C21H20F2N2O2S/c1-3-5-10-27-16-8-6-7-14(11-16)20(26)24-21-25(9-4-2)19-17(23)12-15(22)13-18(19)28-21/h4,6-8,11-13H,2-3,5,9-10H2,1H3. The molecule has 0 fully saturated rings. The van der Waals surface area contributed by atoms with Crippen LogP contribution in [-0.2, 0) is 6.54 Å². The molecule has 0 bridgehead atoms. The molecule has 0 saturated carbocycles. The molecule has 4 nitrogen and oxygen atoms in total. The van der Waals surface area contributed by atoms with Crippen LogP contribution in [-0.4, -0.2) is 17.1 Å². The molecular weight excluding hydrogens is 382 g/mol. The molecule has 3 aromatic rings. The van der Waals surface area contributed by atoms with E-state index in [9.17, 15) is 13.6 Å². The second-order valence-corrected chi connectivity index (χ2v) is 7.17. The molecule has 1 heterocycles. The Balaban J connectivity index is 2.01. The number of benzene rings is 2. The van der Waals surface area contributed by atoms with Crippen molar-refractivity contribution in [3.63, 3.8) is 0 Å². The largest absolute Gasteiger partial charge is 0.494 e. The van der Waals surface area contributed by atoms with Gasteiger partial charge < -0.3 is 9.30 Å². The average molecular weight is 402 g/mol. The van der Waals surface area contributed by atoms with Gasteiger partial charge in [-0.1, -0.05) is 36.8 Å². The lowest BCUT2D eigenvalue weighted by molar-refractivity contribution is 0.0997. The molecule has 2 aromatic carbocycles. The highest BCUT2D eigenvalue weighted by molar-refractivity contribution is 7.16. The van der Waals surface area contributed by atoms with Crippen molar-refractivity contribution in [2.24, 2.45) is 4.99 Å². The lowest BCUT2D eigenvalue weighted by Gasteiger charge is -2.06. The van der Waals surface area contributed by atoms with Crippen molar-refractivity contribution in [3.8, 4) is 5.75 Å². The van der Waals surface area contributed by atoms with Crippen molar-refractivity contribution in [2.75, 3.05) is 6.61 Å². The fourth-order valence-corrected chi connectivity index (χ4v) is 3.79. The number of rotatable bonds is 7. The van der Waals surface area contributed by atoms with Crippen LogP contribution in [0.5, 0.6) is 5.75 Å². The fourth-order valence-electron chi connectivity index (χ4n) is 2.72. The topological polar surface area (TPSA) is 43.6 Å². The lowest BCUT2D eigenvalue weighted by Crippen LogP contribution is -2.16. The van der Waals surface area contributed by atoms with Gasteiger partial charge in [-0.05, 0) is 30.7 Å². The zero-order valence-corrected chi connectivity index (χ0v) is 16.3. The molecule has 1 amide bonds. The van der Waals surface area contributed by atoms with Gasteiger partial charge in [0.1, 0.15) is 11.6 Å². The van der Waals surface area contributed by atoms with Crippen molar-refractivity contribution in [1.82, 2.24) is 4.57 Å². The number of hydrogen-bond donors (Lipinski definition) is 0. The smallest absolute Gasteiger partial charge is 0.279 e. The minimum atomic E-state index is -0.701. The second kappa shape index (κ2) is 8.93. The summed E-state index contributed by atoms with van der Waals surface area (Å²) in [5, 5.41) is 0. The molecule has 0 spiro atoms. The van der Waals surface area contributed by atoms with E-state index < -0.39 is 17.5 Å². The van der Waals surface area contributed by atoms with Gasteiger partial charge in [-0.15, -0.1) is 6.58 Å². The van der Waals surface area contributed by atoms with Gasteiger partial charge in [-0.2, -0.15) is 4.99 Å². The molecule has 0 aliphatic rings. The number of ether oxygens (including phenoxy) is 1. The number of thiazole rings is 1. The van der Waals surface area contributed by atoms with E-state index in [0.29, 0.717) is 22.6 Å². The molecule has 0 aliphatic heterocycles. The quantitative estimate of drug-likeness (QED) is 0.408. The number of unbranched alkanes of at least 4 members (excludes halogenated alkanes) is 1. The van der Waals surface area contributed by atoms with Gasteiger partial charge >= 0.3 is 0 Å². The Morgan fingerprint density at radius 2 is 2.14 bits per heavy atom. The number of aromatic nitrogens is 1. The molecule has 3 rings (SSSR count). The first-order valence-electron chi connectivity index (χ1n) is 8.94. The summed E-state index contributed by atoms with van der Waals surface area (Å²) in [6, 6.07) is 8.83. The Morgan fingerprint density at radius 3 is 2.89 bits per heavy atom. The first-order valence-corrected chi connectivity index (χ1v) is 9.76. The summed E-state index contributed by atoms with van der Waals surface area (Å²) in [7, 11) is 0. The van der Waals surface area contributed by atoms with Gasteiger partial charge in [-0.25, -0.2) is 8.78 Å². The Hall–Kier alpha value is -2.80. The van der Waals surface area contributed by atoms with Crippen LogP contribution >= 0.6 is 11.3 Å². The van der Waals surface area contributed by atoms with Gasteiger partial charge in [0, 0.05) is 18.2 Å². The van der Waals surface area contributed by atoms with Crippen molar-refractivity contribution in [3.05, 3.63) is 71.1 Å². The second-order valence-electron chi connectivity index (χ2n) is 6.17. The maximum atomic E-state index is 14.3. The zero-order valence-electron chi connectivity index (χ0n) is 15.5. The summed E-state index contributed by atoms with van der Waals surface area (Å²) in [5.74, 6) is -1.26. The highest BCUT2D eigenvalue weighted by Gasteiger charge is 2.14. The first-order chi connectivity index (χ1) is 13.5. The number of hydrogen-bond acceptors (Lipinski definition) is 3. The molecule has 1 aromatic heterocycles. The minimum Gasteiger partial charge on any atom is -0.494 e. The highest BCUT2D eigenvalue weighted by Crippen LogP contribution is 2.22. The minimum absolute atomic E-state index is 0.203. The highest BCUT2D eigenvalue weighted by atomic mass is 32.1. The van der Waals surface area contributed by atoms with E-state index in [0.717, 1.165) is 30.2 Å². The van der Waals surface area contributed by atoms with E-state index in [2.05, 4.69) is 18.5 Å². The van der Waals surface area contributed by atoms with Gasteiger partial charge in [0.2, 0.25) is 0 Å². The van der Waals surface area contributed by atoms with E-state index in [4.69, 9.17) is 4.74 Å². The molecule has 0 radical (unpaired) electrons. The molecule has 0 aliphatic carbocycles. The van der Waals surface area contributed by atoms with Crippen LogP contribution < -0.4 is 9.54 Å². The van der Waals surface area contributed by atoms with Crippen LogP contribution in [0.2, 0.25) is 0 Å². The summed E-state index contributed by atoms with van der Waals surface area (Å²) in [4.78, 5) is 17.1. The Labute approximate surface area is 165 Å². The lowest BCUT2D eigenvalue weighted by atomic mass is 10.2. The molecule has 146 valence electrons. The Kier molecular flexibility index (Phi) is 6.36. The van der Waals surface area contributed by atoms with E-state index in [1.165, 1.54) is 10.6 Å². The monoisotopic (exact) mass is 402 g/mol. The predicted octanol–water partition coefficient (Wildman–Crippen LogP) is 5.09. The van der Waals surface area contributed by atoms with Crippen LogP contribution in [0.25, 0.3) is 10.2 Å². The number of carbonyl (C=O) groups is 1. The third-order valence-electron chi connectivity index (χ3n) is 4.05. The molecular formula is C21H20F2N2O2S. The van der Waals surface area contributed by atoms with Crippen LogP contribution in [0.3, 0.4) is 0 Å².